The highest BCUT2D eigenvalue weighted by atomic mass is 32.2. The zero-order valence-electron chi connectivity index (χ0n) is 15.1. The molecule has 0 spiro atoms. The van der Waals surface area contributed by atoms with Gasteiger partial charge < -0.3 is 9.47 Å². The van der Waals surface area contributed by atoms with Gasteiger partial charge in [0.2, 0.25) is 11.1 Å². The minimum Gasteiger partial charge on any atom is -0.342 e. The number of amides is 1. The molecule has 2 aliphatic heterocycles. The van der Waals surface area contributed by atoms with Crippen molar-refractivity contribution >= 4 is 17.7 Å². The highest BCUT2D eigenvalue weighted by molar-refractivity contribution is 7.99. The molecule has 0 unspecified atom stereocenters. The van der Waals surface area contributed by atoms with Crippen molar-refractivity contribution in [1.29, 1.82) is 0 Å². The molecule has 2 aromatic rings. The normalized spacial score (nSPS) is 18.6. The number of H-pyrrole nitrogens is 1. The van der Waals surface area contributed by atoms with Crippen LogP contribution in [0.1, 0.15) is 55.5 Å². The smallest absolute Gasteiger partial charge is 0.233 e. The van der Waals surface area contributed by atoms with Crippen LogP contribution in [0.4, 0.5) is 0 Å². The van der Waals surface area contributed by atoms with E-state index in [9.17, 15) is 4.79 Å². The van der Waals surface area contributed by atoms with Gasteiger partial charge >= 0.3 is 0 Å². The minimum atomic E-state index is 0.163. The Kier molecular flexibility index (Phi) is 5.23. The summed E-state index contributed by atoms with van der Waals surface area (Å²) in [7, 11) is 0. The number of carbonyl (C=O) groups is 1. The summed E-state index contributed by atoms with van der Waals surface area (Å²) in [6.45, 7) is 4.48. The van der Waals surface area contributed by atoms with E-state index in [0.717, 1.165) is 56.4 Å². The summed E-state index contributed by atoms with van der Waals surface area (Å²) in [6.07, 6.45) is 6.68. The fraction of sp³-hybridized carbons (Fsp3) is 0.706. The van der Waals surface area contributed by atoms with Gasteiger partial charge in [-0.1, -0.05) is 18.2 Å². The van der Waals surface area contributed by atoms with Crippen LogP contribution in [-0.2, 0) is 17.8 Å². The van der Waals surface area contributed by atoms with Crippen molar-refractivity contribution in [2.45, 2.75) is 63.1 Å². The highest BCUT2D eigenvalue weighted by Crippen LogP contribution is 2.29. The number of aryl methyl sites for hydroxylation is 2. The maximum atomic E-state index is 12.5. The van der Waals surface area contributed by atoms with Crippen molar-refractivity contribution in [2.24, 2.45) is 0 Å². The number of nitrogens with one attached hydrogen (secondary N) is 1. The second kappa shape index (κ2) is 7.77. The Labute approximate surface area is 157 Å². The van der Waals surface area contributed by atoms with Crippen LogP contribution in [0.15, 0.2) is 5.16 Å². The summed E-state index contributed by atoms with van der Waals surface area (Å²) in [5, 5.41) is 16.4. The maximum Gasteiger partial charge on any atom is 0.233 e. The van der Waals surface area contributed by atoms with Crippen LogP contribution in [0.25, 0.3) is 0 Å². The Morgan fingerprint density at radius 2 is 2.04 bits per heavy atom. The van der Waals surface area contributed by atoms with Crippen molar-refractivity contribution in [3.05, 3.63) is 17.5 Å². The number of likely N-dealkylation sites (tertiary alicyclic amines) is 1. The first kappa shape index (κ1) is 17.5. The number of piperidine rings is 1. The van der Waals surface area contributed by atoms with E-state index in [4.69, 9.17) is 0 Å². The molecule has 4 heterocycles. The quantitative estimate of drug-likeness (QED) is 0.821. The number of fused-ring (bicyclic) bond motifs is 1. The zero-order chi connectivity index (χ0) is 17.9. The Hall–Kier alpha value is -1.90. The van der Waals surface area contributed by atoms with Gasteiger partial charge in [-0.25, -0.2) is 4.98 Å². The van der Waals surface area contributed by atoms with Crippen LogP contribution >= 0.6 is 11.8 Å². The molecule has 0 radical (unpaired) electrons. The predicted molar refractivity (Wildman–Crippen MR) is 98.0 cm³/mol. The number of carbonyl (C=O) groups excluding carboxylic acids is 1. The third-order valence-corrected chi connectivity index (χ3v) is 6.08. The third kappa shape index (κ3) is 3.77. The molecular formula is C17H25N7OS. The highest BCUT2D eigenvalue weighted by Gasteiger charge is 2.28. The van der Waals surface area contributed by atoms with E-state index in [1.807, 2.05) is 11.8 Å². The average Bonchev–Trinajstić information content (AvgIpc) is 3.19. The largest absolute Gasteiger partial charge is 0.342 e. The molecule has 2 aliphatic rings. The molecule has 0 saturated carbocycles. The van der Waals surface area contributed by atoms with Crippen LogP contribution in [0.2, 0.25) is 0 Å². The summed E-state index contributed by atoms with van der Waals surface area (Å²) in [6, 6.07) is 0. The molecule has 0 aliphatic carbocycles. The third-order valence-electron chi connectivity index (χ3n) is 5.25. The molecule has 1 saturated heterocycles. The van der Waals surface area contributed by atoms with Crippen molar-refractivity contribution in [3.63, 3.8) is 0 Å². The number of nitrogens with zero attached hydrogens (tertiary/aromatic N) is 6. The first-order valence-corrected chi connectivity index (χ1v) is 10.4. The Bertz CT molecular complexity index is 763. The lowest BCUT2D eigenvalue weighted by atomic mass is 9.96. The van der Waals surface area contributed by atoms with Gasteiger partial charge in [0.05, 0.1) is 5.75 Å². The fourth-order valence-electron chi connectivity index (χ4n) is 3.80. The van der Waals surface area contributed by atoms with Crippen molar-refractivity contribution in [3.8, 4) is 0 Å². The molecule has 140 valence electrons. The molecule has 1 N–H and O–H groups in total. The maximum absolute atomic E-state index is 12.5. The number of hydrogen-bond acceptors (Lipinski definition) is 6. The summed E-state index contributed by atoms with van der Waals surface area (Å²) >= 11 is 1.39. The number of aromatic amines is 1. The topological polar surface area (TPSA) is 92.6 Å². The number of rotatable bonds is 4. The van der Waals surface area contributed by atoms with Crippen LogP contribution in [-0.4, -0.2) is 59.6 Å². The lowest BCUT2D eigenvalue weighted by Crippen LogP contribution is -2.39. The Morgan fingerprint density at radius 3 is 2.81 bits per heavy atom. The SMILES string of the molecule is Cc1nc(SCC(=O)N2CCC(c3nnc4n3CCCCC4)CC2)n[nH]1. The Balaban J connectivity index is 1.31. The average molecular weight is 376 g/mol. The van der Waals surface area contributed by atoms with Crippen molar-refractivity contribution in [1.82, 2.24) is 34.8 Å². The molecule has 9 heteroatoms. The van der Waals surface area contributed by atoms with E-state index in [0.29, 0.717) is 16.8 Å². The second-order valence-electron chi connectivity index (χ2n) is 7.08. The standard InChI is InChI=1S/C17H25N7OS/c1-12-18-17(22-19-12)26-11-15(25)23-9-6-13(7-10-23)16-21-20-14-5-3-2-4-8-24(14)16/h13H,2-11H2,1H3,(H,18,19,22). The number of hydrogen-bond donors (Lipinski definition) is 1. The van der Waals surface area contributed by atoms with E-state index < -0.39 is 0 Å². The van der Waals surface area contributed by atoms with Gasteiger partial charge in [0.15, 0.2) is 0 Å². The molecule has 0 aromatic carbocycles. The van der Waals surface area contributed by atoms with Gasteiger partial charge in [0, 0.05) is 32.0 Å². The number of aromatic nitrogens is 6. The lowest BCUT2D eigenvalue weighted by molar-refractivity contribution is -0.129. The van der Waals surface area contributed by atoms with Gasteiger partial charge in [0.1, 0.15) is 17.5 Å². The molecule has 8 nitrogen and oxygen atoms in total. The number of thioether (sulfide) groups is 1. The monoisotopic (exact) mass is 375 g/mol. The van der Waals surface area contributed by atoms with E-state index in [1.54, 1.807) is 0 Å². The van der Waals surface area contributed by atoms with Crippen LogP contribution in [0.3, 0.4) is 0 Å². The van der Waals surface area contributed by atoms with Crippen molar-refractivity contribution < 1.29 is 4.79 Å². The molecule has 4 rings (SSSR count). The second-order valence-corrected chi connectivity index (χ2v) is 8.03. The Morgan fingerprint density at radius 1 is 1.19 bits per heavy atom. The first-order valence-electron chi connectivity index (χ1n) is 9.42. The van der Waals surface area contributed by atoms with E-state index in [2.05, 4.69) is 29.9 Å². The molecule has 26 heavy (non-hydrogen) atoms. The van der Waals surface area contributed by atoms with Crippen molar-refractivity contribution in [2.75, 3.05) is 18.8 Å². The van der Waals surface area contributed by atoms with Gasteiger partial charge in [0.25, 0.3) is 0 Å². The first-order chi connectivity index (χ1) is 12.7. The van der Waals surface area contributed by atoms with E-state index >= 15 is 0 Å². The summed E-state index contributed by atoms with van der Waals surface area (Å²) in [4.78, 5) is 18.6. The fourth-order valence-corrected chi connectivity index (χ4v) is 4.55. The van der Waals surface area contributed by atoms with E-state index in [1.165, 1.54) is 31.0 Å². The minimum absolute atomic E-state index is 0.163. The van der Waals surface area contributed by atoms with Gasteiger partial charge in [-0.15, -0.1) is 15.3 Å². The zero-order valence-corrected chi connectivity index (χ0v) is 16.0. The predicted octanol–water partition coefficient (Wildman–Crippen LogP) is 1.93. The molecule has 1 amide bonds. The van der Waals surface area contributed by atoms with Crippen LogP contribution in [0, 0.1) is 6.92 Å². The van der Waals surface area contributed by atoms with Crippen LogP contribution < -0.4 is 0 Å². The molecule has 0 atom stereocenters. The molecular weight excluding hydrogens is 350 g/mol. The van der Waals surface area contributed by atoms with Crippen LogP contribution in [0.5, 0.6) is 0 Å². The molecule has 2 aromatic heterocycles. The summed E-state index contributed by atoms with van der Waals surface area (Å²) in [5.74, 6) is 4.03. The van der Waals surface area contributed by atoms with E-state index in [-0.39, 0.29) is 5.91 Å². The van der Waals surface area contributed by atoms with Gasteiger partial charge in [-0.3, -0.25) is 9.89 Å². The summed E-state index contributed by atoms with van der Waals surface area (Å²) in [5.41, 5.74) is 0. The lowest BCUT2D eigenvalue weighted by Gasteiger charge is -2.31. The summed E-state index contributed by atoms with van der Waals surface area (Å²) < 4.78 is 2.34. The molecule has 0 bridgehead atoms. The molecule has 1 fully saturated rings. The van der Waals surface area contributed by atoms with Gasteiger partial charge in [-0.2, -0.15) is 0 Å². The van der Waals surface area contributed by atoms with Gasteiger partial charge in [-0.05, 0) is 32.6 Å².